The summed E-state index contributed by atoms with van der Waals surface area (Å²) in [7, 11) is 0. The summed E-state index contributed by atoms with van der Waals surface area (Å²) in [6, 6.07) is 0.501. The largest absolute Gasteiger partial charge is 0.328 e. The van der Waals surface area contributed by atoms with E-state index in [4.69, 9.17) is 5.73 Å². The number of hydrogen-bond acceptors (Lipinski definition) is 2. The lowest BCUT2D eigenvalue weighted by atomic mass is 9.94. The Hall–Kier alpha value is 0.310. The van der Waals surface area contributed by atoms with Crippen molar-refractivity contribution in [2.24, 2.45) is 11.7 Å². The van der Waals surface area contributed by atoms with Gasteiger partial charge in [0.1, 0.15) is 0 Å². The minimum Gasteiger partial charge on any atom is -0.328 e. The third-order valence-corrected chi connectivity index (χ3v) is 4.16. The zero-order chi connectivity index (χ0) is 10.2. The quantitative estimate of drug-likeness (QED) is 0.562. The molecule has 0 spiro atoms. The van der Waals surface area contributed by atoms with Crippen LogP contribution in [0.25, 0.3) is 0 Å². The summed E-state index contributed by atoms with van der Waals surface area (Å²) in [5.74, 6) is 3.55. The smallest absolute Gasteiger partial charge is 0.00414 e. The number of thioether (sulfide) groups is 1. The minimum absolute atomic E-state index is 0.501. The second kappa shape index (κ2) is 7.58. The molecule has 0 heterocycles. The summed E-state index contributed by atoms with van der Waals surface area (Å²) in [6.07, 6.45) is 9.58. The van der Waals surface area contributed by atoms with Crippen LogP contribution >= 0.6 is 11.8 Å². The molecule has 0 aromatic heterocycles. The van der Waals surface area contributed by atoms with Crippen molar-refractivity contribution in [3.05, 3.63) is 0 Å². The van der Waals surface area contributed by atoms with Gasteiger partial charge in [-0.1, -0.05) is 26.2 Å². The first-order chi connectivity index (χ1) is 6.83. The summed E-state index contributed by atoms with van der Waals surface area (Å²) in [5, 5.41) is 0. The molecule has 0 aliphatic heterocycles. The van der Waals surface area contributed by atoms with Crippen molar-refractivity contribution in [2.75, 3.05) is 11.5 Å². The second-order valence-electron chi connectivity index (χ2n) is 4.49. The molecule has 84 valence electrons. The molecule has 1 nitrogen and oxygen atoms in total. The molecule has 0 aromatic carbocycles. The molecule has 1 aliphatic rings. The van der Waals surface area contributed by atoms with Gasteiger partial charge in [-0.2, -0.15) is 11.8 Å². The van der Waals surface area contributed by atoms with Gasteiger partial charge in [0, 0.05) is 6.04 Å². The lowest BCUT2D eigenvalue weighted by Crippen LogP contribution is -2.21. The van der Waals surface area contributed by atoms with E-state index in [9.17, 15) is 0 Å². The predicted molar refractivity (Wildman–Crippen MR) is 66.8 cm³/mol. The molecule has 0 aromatic rings. The van der Waals surface area contributed by atoms with E-state index in [1.165, 1.54) is 56.5 Å². The van der Waals surface area contributed by atoms with Gasteiger partial charge in [0.25, 0.3) is 0 Å². The van der Waals surface area contributed by atoms with Crippen molar-refractivity contribution in [3.8, 4) is 0 Å². The minimum atomic E-state index is 0.501. The summed E-state index contributed by atoms with van der Waals surface area (Å²) < 4.78 is 0. The van der Waals surface area contributed by atoms with Crippen LogP contribution < -0.4 is 5.73 Å². The van der Waals surface area contributed by atoms with E-state index in [0.29, 0.717) is 6.04 Å². The van der Waals surface area contributed by atoms with Gasteiger partial charge in [-0.25, -0.2) is 0 Å². The van der Waals surface area contributed by atoms with Crippen LogP contribution in [-0.4, -0.2) is 17.5 Å². The maximum Gasteiger partial charge on any atom is 0.00414 e. The molecular weight excluding hydrogens is 190 g/mol. The Bertz CT molecular complexity index is 138. The molecule has 2 atom stereocenters. The molecule has 2 unspecified atom stereocenters. The van der Waals surface area contributed by atoms with Crippen molar-refractivity contribution in [3.63, 3.8) is 0 Å². The third kappa shape index (κ3) is 5.26. The molecule has 2 N–H and O–H groups in total. The molecule has 2 heteroatoms. The molecular formula is C12H25NS. The second-order valence-corrected chi connectivity index (χ2v) is 5.88. The first kappa shape index (κ1) is 12.4. The van der Waals surface area contributed by atoms with E-state index in [1.54, 1.807) is 0 Å². The Morgan fingerprint density at radius 2 is 2.07 bits per heavy atom. The third-order valence-electron chi connectivity index (χ3n) is 3.18. The Labute approximate surface area is 93.2 Å². The zero-order valence-electron chi connectivity index (χ0n) is 9.50. The number of rotatable bonds is 5. The Morgan fingerprint density at radius 3 is 2.86 bits per heavy atom. The molecule has 14 heavy (non-hydrogen) atoms. The van der Waals surface area contributed by atoms with E-state index in [2.05, 4.69) is 18.7 Å². The van der Waals surface area contributed by atoms with Crippen LogP contribution in [0.5, 0.6) is 0 Å². The first-order valence-corrected chi connectivity index (χ1v) is 7.31. The predicted octanol–water partition coefficient (Wildman–Crippen LogP) is 3.43. The lowest BCUT2D eigenvalue weighted by molar-refractivity contribution is 0.403. The summed E-state index contributed by atoms with van der Waals surface area (Å²) >= 11 is 2.07. The average Bonchev–Trinajstić information content (AvgIpc) is 2.38. The van der Waals surface area contributed by atoms with Crippen LogP contribution in [0.3, 0.4) is 0 Å². The Balaban J connectivity index is 2.09. The molecule has 1 fully saturated rings. The molecule has 0 radical (unpaired) electrons. The molecule has 0 bridgehead atoms. The van der Waals surface area contributed by atoms with Crippen molar-refractivity contribution >= 4 is 11.8 Å². The molecule has 0 saturated heterocycles. The van der Waals surface area contributed by atoms with E-state index in [-0.39, 0.29) is 0 Å². The SMILES string of the molecule is CCSCCCC1CCCCC(N)C1. The maximum absolute atomic E-state index is 6.05. The fourth-order valence-electron chi connectivity index (χ4n) is 2.38. The van der Waals surface area contributed by atoms with Crippen molar-refractivity contribution < 1.29 is 0 Å². The van der Waals surface area contributed by atoms with Gasteiger partial charge < -0.3 is 5.73 Å². The van der Waals surface area contributed by atoms with Crippen LogP contribution in [0, 0.1) is 5.92 Å². The van der Waals surface area contributed by atoms with E-state index < -0.39 is 0 Å². The normalized spacial score (nSPS) is 28.7. The first-order valence-electron chi connectivity index (χ1n) is 6.16. The van der Waals surface area contributed by atoms with Crippen LogP contribution in [-0.2, 0) is 0 Å². The van der Waals surface area contributed by atoms with Crippen molar-refractivity contribution in [1.29, 1.82) is 0 Å². The van der Waals surface area contributed by atoms with Crippen LogP contribution in [0.4, 0.5) is 0 Å². The topological polar surface area (TPSA) is 26.0 Å². The molecule has 1 rings (SSSR count). The molecule has 1 aliphatic carbocycles. The highest BCUT2D eigenvalue weighted by atomic mass is 32.2. The van der Waals surface area contributed by atoms with Crippen LogP contribution in [0.1, 0.15) is 51.9 Å². The van der Waals surface area contributed by atoms with Gasteiger partial charge in [-0.3, -0.25) is 0 Å². The fourth-order valence-corrected chi connectivity index (χ4v) is 3.04. The average molecular weight is 215 g/mol. The fraction of sp³-hybridized carbons (Fsp3) is 1.00. The van der Waals surface area contributed by atoms with Gasteiger partial charge >= 0.3 is 0 Å². The summed E-state index contributed by atoms with van der Waals surface area (Å²) in [4.78, 5) is 0. The standard InChI is InChI=1S/C12H25NS/c1-2-14-9-5-7-11-6-3-4-8-12(13)10-11/h11-12H,2-10,13H2,1H3. The highest BCUT2D eigenvalue weighted by Gasteiger charge is 2.16. The van der Waals surface area contributed by atoms with Gasteiger partial charge in [0.2, 0.25) is 0 Å². The van der Waals surface area contributed by atoms with E-state index >= 15 is 0 Å². The molecule has 1 saturated carbocycles. The zero-order valence-corrected chi connectivity index (χ0v) is 10.3. The van der Waals surface area contributed by atoms with Gasteiger partial charge in [0.05, 0.1) is 0 Å². The van der Waals surface area contributed by atoms with E-state index in [0.717, 1.165) is 5.92 Å². The van der Waals surface area contributed by atoms with Crippen molar-refractivity contribution in [2.45, 2.75) is 57.9 Å². The highest BCUT2D eigenvalue weighted by Crippen LogP contribution is 2.26. The highest BCUT2D eigenvalue weighted by molar-refractivity contribution is 7.99. The number of nitrogens with two attached hydrogens (primary N) is 1. The van der Waals surface area contributed by atoms with Gasteiger partial charge in [0.15, 0.2) is 0 Å². The van der Waals surface area contributed by atoms with Crippen LogP contribution in [0.2, 0.25) is 0 Å². The van der Waals surface area contributed by atoms with E-state index in [1.807, 2.05) is 0 Å². The van der Waals surface area contributed by atoms with Crippen molar-refractivity contribution in [1.82, 2.24) is 0 Å². The van der Waals surface area contributed by atoms with Crippen LogP contribution in [0.15, 0.2) is 0 Å². The van der Waals surface area contributed by atoms with Gasteiger partial charge in [-0.15, -0.1) is 0 Å². The lowest BCUT2D eigenvalue weighted by Gasteiger charge is -2.16. The molecule has 0 amide bonds. The summed E-state index contributed by atoms with van der Waals surface area (Å²) in [5.41, 5.74) is 6.05. The Kier molecular flexibility index (Phi) is 6.70. The monoisotopic (exact) mass is 215 g/mol. The Morgan fingerprint density at radius 1 is 1.29 bits per heavy atom. The van der Waals surface area contributed by atoms with Gasteiger partial charge in [-0.05, 0) is 43.1 Å². The maximum atomic E-state index is 6.05. The number of hydrogen-bond donors (Lipinski definition) is 1. The summed E-state index contributed by atoms with van der Waals surface area (Å²) in [6.45, 7) is 2.24.